The van der Waals surface area contributed by atoms with Gasteiger partial charge in [0.05, 0.1) is 10.6 Å². The summed E-state index contributed by atoms with van der Waals surface area (Å²) in [5.74, 6) is 1.67. The first-order chi connectivity index (χ1) is 18.1. The zero-order valence-electron chi connectivity index (χ0n) is 21.4. The first kappa shape index (κ1) is 25.6. The van der Waals surface area contributed by atoms with Gasteiger partial charge in [0.15, 0.2) is 5.76 Å². The van der Waals surface area contributed by atoms with Crippen LogP contribution >= 0.6 is 24.0 Å². The molecule has 2 fully saturated rings. The molecule has 1 saturated carbocycles. The van der Waals surface area contributed by atoms with Gasteiger partial charge in [0.1, 0.15) is 4.32 Å². The van der Waals surface area contributed by atoms with E-state index in [4.69, 9.17) is 17.0 Å². The molecule has 0 aromatic heterocycles. The van der Waals surface area contributed by atoms with Crippen LogP contribution in [-0.4, -0.2) is 32.6 Å². The van der Waals surface area contributed by atoms with Crippen LogP contribution in [0.2, 0.25) is 0 Å². The molecule has 2 heterocycles. The third-order valence-electron chi connectivity index (χ3n) is 7.04. The summed E-state index contributed by atoms with van der Waals surface area (Å²) in [5.41, 5.74) is 4.13. The lowest BCUT2D eigenvalue weighted by Gasteiger charge is -2.29. The predicted molar refractivity (Wildman–Crippen MR) is 157 cm³/mol. The van der Waals surface area contributed by atoms with Gasteiger partial charge in [-0.1, -0.05) is 116 Å². The van der Waals surface area contributed by atoms with Crippen molar-refractivity contribution in [1.29, 1.82) is 0 Å². The molecular formula is C31H32N2O2S2. The van der Waals surface area contributed by atoms with E-state index in [1.807, 2.05) is 66.4 Å². The minimum absolute atomic E-state index is 0.0587. The van der Waals surface area contributed by atoms with Crippen molar-refractivity contribution in [3.8, 4) is 0 Å². The van der Waals surface area contributed by atoms with Crippen molar-refractivity contribution in [2.45, 2.75) is 52.0 Å². The lowest BCUT2D eigenvalue weighted by atomic mass is 9.94. The summed E-state index contributed by atoms with van der Waals surface area (Å²) in [6.45, 7) is 4.87. The summed E-state index contributed by atoms with van der Waals surface area (Å²) in [7, 11) is 0. The van der Waals surface area contributed by atoms with Crippen molar-refractivity contribution in [3.05, 3.63) is 106 Å². The summed E-state index contributed by atoms with van der Waals surface area (Å²) in [4.78, 5) is 18.0. The third kappa shape index (κ3) is 5.32. The molecule has 1 aliphatic carbocycles. The monoisotopic (exact) mass is 528 g/mol. The summed E-state index contributed by atoms with van der Waals surface area (Å²) in [6, 6.07) is 20.8. The van der Waals surface area contributed by atoms with E-state index in [2.05, 4.69) is 36.1 Å². The molecule has 0 spiro atoms. The largest absolute Gasteiger partial charge is 0.438 e. The molecule has 2 aliphatic heterocycles. The number of carbonyl (C=O) groups excluding carboxylic acids is 1. The average molecular weight is 529 g/mol. The number of rotatable bonds is 6. The third-order valence-corrected chi connectivity index (χ3v) is 8.56. The molecule has 5 rings (SSSR count). The molecule has 0 N–H and O–H groups in total. The molecule has 0 radical (unpaired) electrons. The number of benzene rings is 2. The number of nitrogens with zero attached hydrogens (tertiary/aromatic N) is 2. The van der Waals surface area contributed by atoms with Crippen LogP contribution in [0.5, 0.6) is 0 Å². The molecular weight excluding hydrogens is 496 g/mol. The smallest absolute Gasteiger partial charge is 0.266 e. The van der Waals surface area contributed by atoms with E-state index in [0.29, 0.717) is 4.32 Å². The van der Waals surface area contributed by atoms with Gasteiger partial charge in [-0.05, 0) is 38.3 Å². The standard InChI is InChI=1S/C31H32N2O2S2/c1-3-32-26(35-28(24-17-9-5-10-18-24)27(32)23-15-7-4-8-16-23)21-13-14-22(2)29-30(34)33(31(36)37-29)25-19-11-6-12-20-25/h4-5,7-10,13-18,21,25H,3,6,11-12,19-20H2,1-2H3/b14-13+,26-21-,29-22-. The number of carbonyl (C=O) groups is 1. The Morgan fingerprint density at radius 1 is 1.03 bits per heavy atom. The van der Waals surface area contributed by atoms with E-state index in [-0.39, 0.29) is 11.9 Å². The Hall–Kier alpha value is -3.09. The summed E-state index contributed by atoms with van der Waals surface area (Å²) >= 11 is 7.04. The second kappa shape index (κ2) is 11.5. The predicted octanol–water partition coefficient (Wildman–Crippen LogP) is 7.73. The number of thiocarbonyl (C=S) groups is 1. The molecule has 4 nitrogen and oxygen atoms in total. The quantitative estimate of drug-likeness (QED) is 0.283. The van der Waals surface area contributed by atoms with Gasteiger partial charge in [0.25, 0.3) is 5.91 Å². The second-order valence-electron chi connectivity index (χ2n) is 9.47. The summed E-state index contributed by atoms with van der Waals surface area (Å²) < 4.78 is 7.15. The Morgan fingerprint density at radius 3 is 2.32 bits per heavy atom. The van der Waals surface area contributed by atoms with Crippen LogP contribution in [-0.2, 0) is 9.53 Å². The maximum absolute atomic E-state index is 13.2. The number of ether oxygens (including phenoxy) is 1. The highest BCUT2D eigenvalue weighted by atomic mass is 32.2. The van der Waals surface area contributed by atoms with Gasteiger partial charge in [0, 0.05) is 23.7 Å². The first-order valence-corrected chi connectivity index (χ1v) is 14.3. The molecule has 1 amide bonds. The van der Waals surface area contributed by atoms with E-state index in [1.165, 1.54) is 31.0 Å². The van der Waals surface area contributed by atoms with Crippen molar-refractivity contribution in [3.63, 3.8) is 0 Å². The zero-order valence-corrected chi connectivity index (χ0v) is 23.0. The van der Waals surface area contributed by atoms with Crippen LogP contribution in [0.25, 0.3) is 11.5 Å². The van der Waals surface area contributed by atoms with Crippen molar-refractivity contribution in [2.75, 3.05) is 6.54 Å². The lowest BCUT2D eigenvalue weighted by Crippen LogP contribution is -2.39. The van der Waals surface area contributed by atoms with E-state index in [1.54, 1.807) is 0 Å². The maximum atomic E-state index is 13.2. The molecule has 0 unspecified atom stereocenters. The van der Waals surface area contributed by atoms with Gasteiger partial charge in [-0.25, -0.2) is 0 Å². The highest BCUT2D eigenvalue weighted by Gasteiger charge is 2.38. The van der Waals surface area contributed by atoms with E-state index in [9.17, 15) is 4.79 Å². The maximum Gasteiger partial charge on any atom is 0.266 e. The number of hydrogen-bond acceptors (Lipinski definition) is 5. The van der Waals surface area contributed by atoms with E-state index in [0.717, 1.165) is 58.3 Å². The van der Waals surface area contributed by atoms with E-state index < -0.39 is 0 Å². The van der Waals surface area contributed by atoms with Crippen molar-refractivity contribution in [2.24, 2.45) is 0 Å². The topological polar surface area (TPSA) is 32.8 Å². The van der Waals surface area contributed by atoms with Crippen LogP contribution in [0.15, 0.2) is 95.3 Å². The molecule has 6 heteroatoms. The Morgan fingerprint density at radius 2 is 1.68 bits per heavy atom. The Balaban J connectivity index is 1.41. The van der Waals surface area contributed by atoms with Crippen molar-refractivity contribution >= 4 is 45.7 Å². The van der Waals surface area contributed by atoms with Crippen LogP contribution in [0.3, 0.4) is 0 Å². The van der Waals surface area contributed by atoms with Gasteiger partial charge in [0.2, 0.25) is 5.88 Å². The minimum Gasteiger partial charge on any atom is -0.438 e. The Kier molecular flexibility index (Phi) is 7.96. The highest BCUT2D eigenvalue weighted by molar-refractivity contribution is 8.26. The van der Waals surface area contributed by atoms with Gasteiger partial charge in [-0.15, -0.1) is 0 Å². The molecule has 3 aliphatic rings. The molecule has 2 aromatic carbocycles. The average Bonchev–Trinajstić information content (AvgIpc) is 3.46. The molecule has 0 bridgehead atoms. The van der Waals surface area contributed by atoms with Gasteiger partial charge >= 0.3 is 0 Å². The molecule has 1 saturated heterocycles. The van der Waals surface area contributed by atoms with E-state index >= 15 is 0 Å². The van der Waals surface area contributed by atoms with Crippen LogP contribution < -0.4 is 0 Å². The number of amides is 1. The minimum atomic E-state index is 0.0587. The van der Waals surface area contributed by atoms with Gasteiger partial charge < -0.3 is 9.64 Å². The van der Waals surface area contributed by atoms with Crippen molar-refractivity contribution in [1.82, 2.24) is 9.80 Å². The SMILES string of the molecule is CCN1C(c2ccccc2)=C(c2ccccc2)O\C1=C/C=C/C(C)=C1\SC(=S)N(C2CCCCC2)C1=O. The fourth-order valence-corrected chi connectivity index (χ4v) is 6.57. The van der Waals surface area contributed by atoms with Gasteiger partial charge in [-0.2, -0.15) is 0 Å². The lowest BCUT2D eigenvalue weighted by molar-refractivity contribution is -0.124. The molecule has 2 aromatic rings. The highest BCUT2D eigenvalue weighted by Crippen LogP contribution is 2.41. The number of allylic oxidation sites excluding steroid dienone is 4. The summed E-state index contributed by atoms with van der Waals surface area (Å²) in [6.07, 6.45) is 11.6. The summed E-state index contributed by atoms with van der Waals surface area (Å²) in [5, 5.41) is 0. The Bertz CT molecular complexity index is 1290. The second-order valence-corrected chi connectivity index (χ2v) is 11.1. The van der Waals surface area contributed by atoms with Crippen LogP contribution in [0.1, 0.15) is 57.1 Å². The molecule has 190 valence electrons. The van der Waals surface area contributed by atoms with Crippen LogP contribution in [0.4, 0.5) is 0 Å². The van der Waals surface area contributed by atoms with Gasteiger partial charge in [-0.3, -0.25) is 9.69 Å². The first-order valence-electron chi connectivity index (χ1n) is 13.0. The fourth-order valence-electron chi connectivity index (χ4n) is 5.17. The zero-order chi connectivity index (χ0) is 25.8. The fraction of sp³-hybridized carbons (Fsp3) is 0.290. The normalized spacial score (nSPS) is 21.5. The number of hydrogen-bond donors (Lipinski definition) is 0. The molecule has 37 heavy (non-hydrogen) atoms. The van der Waals surface area contributed by atoms with Crippen molar-refractivity contribution < 1.29 is 9.53 Å². The molecule has 0 atom stereocenters. The number of thioether (sulfide) groups is 1. The Labute approximate surface area is 229 Å². The van der Waals surface area contributed by atoms with Crippen LogP contribution in [0, 0.1) is 0 Å².